The zero-order valence-electron chi connectivity index (χ0n) is 19.9. The van der Waals surface area contributed by atoms with Crippen molar-refractivity contribution < 1.29 is 9.59 Å². The number of nitrogens with zero attached hydrogens (tertiary/aromatic N) is 2. The first-order valence-electron chi connectivity index (χ1n) is 11.5. The molecule has 2 amide bonds. The number of likely N-dealkylation sites (N-methyl/N-ethyl adjacent to an activating group) is 1. The van der Waals surface area contributed by atoms with Crippen molar-refractivity contribution in [3.05, 3.63) is 101 Å². The number of anilines is 2. The van der Waals surface area contributed by atoms with Gasteiger partial charge >= 0.3 is 0 Å². The summed E-state index contributed by atoms with van der Waals surface area (Å²) in [5.74, 6) is -0.210. The topological polar surface area (TPSA) is 40.6 Å². The van der Waals surface area contributed by atoms with Crippen LogP contribution in [0, 0.1) is 13.8 Å². The second-order valence-corrected chi connectivity index (χ2v) is 8.79. The summed E-state index contributed by atoms with van der Waals surface area (Å²) in [5.41, 5.74) is 6.51. The van der Waals surface area contributed by atoms with Crippen molar-refractivity contribution in [3.63, 3.8) is 0 Å². The predicted octanol–water partition coefficient (Wildman–Crippen LogP) is 6.24. The molecule has 0 radical (unpaired) electrons. The van der Waals surface area contributed by atoms with Crippen LogP contribution in [0.5, 0.6) is 0 Å². The molecule has 1 aliphatic heterocycles. The molecule has 3 aromatic rings. The number of carbonyl (C=O) groups is 2. The van der Waals surface area contributed by atoms with Gasteiger partial charge in [0.2, 0.25) is 0 Å². The number of para-hydroxylation sites is 1. The molecule has 3 aromatic carbocycles. The monoisotopic (exact) mass is 438 g/mol. The molecule has 0 spiro atoms. The quantitative estimate of drug-likeness (QED) is 0.428. The van der Waals surface area contributed by atoms with Crippen LogP contribution in [-0.4, -0.2) is 18.4 Å². The Morgan fingerprint density at radius 2 is 1.48 bits per heavy atom. The van der Waals surface area contributed by atoms with E-state index in [9.17, 15) is 9.59 Å². The minimum absolute atomic E-state index is 0.287. The van der Waals surface area contributed by atoms with Crippen LogP contribution < -0.4 is 9.80 Å². The normalized spacial score (nSPS) is 13.9. The second-order valence-electron chi connectivity index (χ2n) is 8.79. The molecule has 0 aliphatic carbocycles. The second kappa shape index (κ2) is 9.07. The van der Waals surface area contributed by atoms with Crippen LogP contribution in [0.1, 0.15) is 48.9 Å². The van der Waals surface area contributed by atoms with E-state index in [0.717, 1.165) is 22.4 Å². The highest BCUT2D eigenvalue weighted by molar-refractivity contribution is 6.46. The number of hydrogen-bond donors (Lipinski definition) is 0. The Hall–Kier alpha value is -3.66. The highest BCUT2D eigenvalue weighted by atomic mass is 16.2. The van der Waals surface area contributed by atoms with Crippen molar-refractivity contribution in [1.82, 2.24) is 0 Å². The maximum Gasteiger partial charge on any atom is 0.282 e. The van der Waals surface area contributed by atoms with Gasteiger partial charge in [0.15, 0.2) is 0 Å². The summed E-state index contributed by atoms with van der Waals surface area (Å²) in [6, 6.07) is 23.4. The molecule has 1 aliphatic rings. The van der Waals surface area contributed by atoms with Crippen LogP contribution >= 0.6 is 0 Å². The van der Waals surface area contributed by atoms with E-state index in [4.69, 9.17) is 0 Å². The van der Waals surface area contributed by atoms with E-state index in [1.54, 1.807) is 0 Å². The first kappa shape index (κ1) is 22.5. The lowest BCUT2D eigenvalue weighted by atomic mass is 9.99. The summed E-state index contributed by atoms with van der Waals surface area (Å²) < 4.78 is 0. The molecule has 4 heteroatoms. The summed E-state index contributed by atoms with van der Waals surface area (Å²) in [6.45, 7) is 10.9. The molecule has 33 heavy (non-hydrogen) atoms. The zero-order valence-corrected chi connectivity index (χ0v) is 19.9. The third-order valence-corrected chi connectivity index (χ3v) is 6.33. The standard InChI is InChI=1S/C29H30N2O2/c1-6-30(24-10-8-7-9-11-24)27-26(23-13-12-20(4)21(5)18-23)28(32)31(29(27)33)25-16-14-22(15-17-25)19(2)3/h7-19H,6H2,1-5H3. The van der Waals surface area contributed by atoms with E-state index in [-0.39, 0.29) is 11.8 Å². The van der Waals surface area contributed by atoms with E-state index < -0.39 is 0 Å². The molecule has 0 aromatic heterocycles. The van der Waals surface area contributed by atoms with Gasteiger partial charge in [-0.2, -0.15) is 0 Å². The molecule has 1 heterocycles. The van der Waals surface area contributed by atoms with Gasteiger partial charge in [-0.15, -0.1) is 0 Å². The molecule has 0 saturated heterocycles. The molecule has 0 N–H and O–H groups in total. The summed E-state index contributed by atoms with van der Waals surface area (Å²) in [6.07, 6.45) is 0. The number of hydrogen-bond acceptors (Lipinski definition) is 3. The summed E-state index contributed by atoms with van der Waals surface area (Å²) >= 11 is 0. The molecule has 168 valence electrons. The van der Waals surface area contributed by atoms with Crippen molar-refractivity contribution >= 4 is 28.8 Å². The van der Waals surface area contributed by atoms with Crippen LogP contribution in [0.15, 0.2) is 78.5 Å². The van der Waals surface area contributed by atoms with Crippen molar-refractivity contribution in [2.24, 2.45) is 0 Å². The molecule has 0 fully saturated rings. The van der Waals surface area contributed by atoms with Gasteiger partial charge in [0.25, 0.3) is 11.8 Å². The van der Waals surface area contributed by atoms with Crippen molar-refractivity contribution in [2.45, 2.75) is 40.5 Å². The number of aryl methyl sites for hydroxylation is 2. The van der Waals surface area contributed by atoms with Gasteiger partial charge in [0, 0.05) is 12.2 Å². The lowest BCUT2D eigenvalue weighted by Gasteiger charge is -2.25. The number of rotatable bonds is 6. The smallest absolute Gasteiger partial charge is 0.282 e. The lowest BCUT2D eigenvalue weighted by Crippen LogP contribution is -2.35. The number of amides is 2. The molecule has 4 nitrogen and oxygen atoms in total. The van der Waals surface area contributed by atoms with Crippen LogP contribution in [0.4, 0.5) is 11.4 Å². The molecule has 0 unspecified atom stereocenters. The van der Waals surface area contributed by atoms with Crippen LogP contribution in [0.25, 0.3) is 5.57 Å². The van der Waals surface area contributed by atoms with E-state index in [2.05, 4.69) is 13.8 Å². The van der Waals surface area contributed by atoms with Crippen molar-refractivity contribution in [2.75, 3.05) is 16.3 Å². The zero-order chi connectivity index (χ0) is 23.7. The predicted molar refractivity (Wildman–Crippen MR) is 135 cm³/mol. The van der Waals surface area contributed by atoms with Crippen LogP contribution in [-0.2, 0) is 9.59 Å². The van der Waals surface area contributed by atoms with E-state index in [1.807, 2.05) is 98.5 Å². The van der Waals surface area contributed by atoms with Gasteiger partial charge in [-0.25, -0.2) is 4.90 Å². The highest BCUT2D eigenvalue weighted by Gasteiger charge is 2.42. The fraction of sp³-hybridized carbons (Fsp3) is 0.241. The van der Waals surface area contributed by atoms with Gasteiger partial charge in [0.1, 0.15) is 5.70 Å². The van der Waals surface area contributed by atoms with Gasteiger partial charge < -0.3 is 4.90 Å². The largest absolute Gasteiger partial charge is 0.337 e. The number of imide groups is 1. The Balaban J connectivity index is 1.88. The number of benzene rings is 3. The van der Waals surface area contributed by atoms with Gasteiger partial charge in [-0.05, 0) is 73.2 Å². The fourth-order valence-corrected chi connectivity index (χ4v) is 4.25. The number of carbonyl (C=O) groups excluding carboxylic acids is 2. The Bertz CT molecular complexity index is 1220. The maximum atomic E-state index is 13.8. The molecule has 0 saturated carbocycles. The highest BCUT2D eigenvalue weighted by Crippen LogP contribution is 2.37. The molecule has 0 atom stereocenters. The Labute approximate surface area is 196 Å². The van der Waals surface area contributed by atoms with Gasteiger partial charge in [-0.3, -0.25) is 9.59 Å². The average molecular weight is 439 g/mol. The Kier molecular flexibility index (Phi) is 6.19. The van der Waals surface area contributed by atoms with Gasteiger partial charge in [-0.1, -0.05) is 62.4 Å². The molecular weight excluding hydrogens is 408 g/mol. The molecular formula is C29H30N2O2. The Morgan fingerprint density at radius 1 is 0.818 bits per heavy atom. The Morgan fingerprint density at radius 3 is 2.06 bits per heavy atom. The third kappa shape index (κ3) is 4.09. The van der Waals surface area contributed by atoms with E-state index >= 15 is 0 Å². The maximum absolute atomic E-state index is 13.8. The first-order chi connectivity index (χ1) is 15.8. The van der Waals surface area contributed by atoms with E-state index in [0.29, 0.717) is 29.4 Å². The third-order valence-electron chi connectivity index (χ3n) is 6.33. The molecule has 0 bridgehead atoms. The summed E-state index contributed by atoms with van der Waals surface area (Å²) in [4.78, 5) is 30.9. The fourth-order valence-electron chi connectivity index (χ4n) is 4.25. The van der Waals surface area contributed by atoms with E-state index in [1.165, 1.54) is 10.5 Å². The summed E-state index contributed by atoms with van der Waals surface area (Å²) in [7, 11) is 0. The van der Waals surface area contributed by atoms with Crippen LogP contribution in [0.2, 0.25) is 0 Å². The SMILES string of the molecule is CCN(C1=C(c2ccc(C)c(C)c2)C(=O)N(c2ccc(C(C)C)cc2)C1=O)c1ccccc1. The lowest BCUT2D eigenvalue weighted by molar-refractivity contribution is -0.120. The first-order valence-corrected chi connectivity index (χ1v) is 11.5. The van der Waals surface area contributed by atoms with Crippen LogP contribution in [0.3, 0.4) is 0 Å². The van der Waals surface area contributed by atoms with Gasteiger partial charge in [0.05, 0.1) is 11.3 Å². The summed E-state index contributed by atoms with van der Waals surface area (Å²) in [5, 5.41) is 0. The van der Waals surface area contributed by atoms with Crippen molar-refractivity contribution in [1.29, 1.82) is 0 Å². The molecule has 4 rings (SSSR count). The van der Waals surface area contributed by atoms with Crippen molar-refractivity contribution in [3.8, 4) is 0 Å². The minimum atomic E-state index is -0.295. The minimum Gasteiger partial charge on any atom is -0.337 e. The average Bonchev–Trinajstić information content (AvgIpc) is 3.07.